The van der Waals surface area contributed by atoms with Crippen molar-refractivity contribution in [2.75, 3.05) is 54.9 Å². The second-order valence-electron chi connectivity index (χ2n) is 10.4. The molecule has 3 aliphatic rings. The van der Waals surface area contributed by atoms with Gasteiger partial charge in [-0.2, -0.15) is 5.10 Å². The molecule has 0 spiro atoms. The summed E-state index contributed by atoms with van der Waals surface area (Å²) in [4.78, 5) is 27.3. The van der Waals surface area contributed by atoms with Crippen LogP contribution >= 0.6 is 11.8 Å². The highest BCUT2D eigenvalue weighted by atomic mass is 32.2. The largest absolute Gasteiger partial charge is 0.379 e. The normalized spacial score (nSPS) is 21.3. The van der Waals surface area contributed by atoms with Crippen molar-refractivity contribution in [2.24, 2.45) is 5.92 Å². The topological polar surface area (TPSA) is 111 Å². The first kappa shape index (κ1) is 26.9. The zero-order chi connectivity index (χ0) is 27.7. The Morgan fingerprint density at radius 1 is 1.10 bits per heavy atom. The van der Waals surface area contributed by atoms with Gasteiger partial charge in [0, 0.05) is 61.4 Å². The molecule has 0 bridgehead atoms. The van der Waals surface area contributed by atoms with Gasteiger partial charge in [0.1, 0.15) is 23.4 Å². The zero-order valence-corrected chi connectivity index (χ0v) is 23.0. The lowest BCUT2D eigenvalue weighted by Gasteiger charge is -2.40. The lowest BCUT2D eigenvalue weighted by molar-refractivity contribution is -0.119. The number of aryl methyl sites for hydroxylation is 1. The highest BCUT2D eigenvalue weighted by Gasteiger charge is 2.61. The monoisotopic (exact) mass is 570 g/mol. The Kier molecular flexibility index (Phi) is 7.60. The number of carbonyl (C=O) groups excluding carboxylic acids is 1. The molecule has 1 unspecified atom stereocenters. The number of aromatic amines is 1. The van der Waals surface area contributed by atoms with Crippen LogP contribution in [0.15, 0.2) is 46.5 Å². The zero-order valence-electron chi connectivity index (χ0n) is 22.2. The summed E-state index contributed by atoms with van der Waals surface area (Å²) in [6.45, 7) is 7.31. The molecule has 1 amide bonds. The third-order valence-electron chi connectivity index (χ3n) is 7.48. The average molecular weight is 571 g/mol. The molecule has 3 N–H and O–H groups in total. The van der Waals surface area contributed by atoms with Gasteiger partial charge in [-0.25, -0.2) is 18.7 Å². The van der Waals surface area contributed by atoms with E-state index in [-0.39, 0.29) is 6.42 Å². The van der Waals surface area contributed by atoms with E-state index in [0.29, 0.717) is 22.7 Å². The van der Waals surface area contributed by atoms with Gasteiger partial charge in [-0.1, -0.05) is 0 Å². The van der Waals surface area contributed by atoms with E-state index in [1.807, 2.05) is 31.2 Å². The molecule has 1 aliphatic carbocycles. The molecule has 6 rings (SSSR count). The molecule has 4 heterocycles. The third kappa shape index (κ3) is 6.37. The van der Waals surface area contributed by atoms with E-state index in [4.69, 9.17) is 14.7 Å². The Labute approximate surface area is 235 Å². The van der Waals surface area contributed by atoms with Gasteiger partial charge in [-0.05, 0) is 55.8 Å². The summed E-state index contributed by atoms with van der Waals surface area (Å²) in [5.41, 5.74) is 1.35. The number of benzene rings is 1. The van der Waals surface area contributed by atoms with Crippen LogP contribution in [0.3, 0.4) is 0 Å². The Morgan fingerprint density at radius 3 is 2.48 bits per heavy atom. The average Bonchev–Trinajstić information content (AvgIpc) is 3.42. The van der Waals surface area contributed by atoms with Crippen LogP contribution in [0.2, 0.25) is 0 Å². The lowest BCUT2D eigenvalue weighted by Crippen LogP contribution is -2.49. The standard InChI is InChI=1S/C27H32F2N8O2S/c1-17-14-23(35-34-17)31-22-15-24(37-8-6-19(7-9-37)36-10-12-39-13-11-36)33-26(32-22)40-20-4-2-18(3-5-20)30-25(38)21-16-27(21,28)29/h2-5,14-15,19,21H,6-13,16H2,1H3,(H,30,38)(H2,31,32,33,34,35). The van der Waals surface area contributed by atoms with Crippen molar-refractivity contribution in [1.29, 1.82) is 0 Å². The summed E-state index contributed by atoms with van der Waals surface area (Å²) in [5.74, 6) is -2.53. The maximum absolute atomic E-state index is 13.2. The molecule has 13 heteroatoms. The van der Waals surface area contributed by atoms with Gasteiger partial charge < -0.3 is 20.3 Å². The number of amides is 1. The van der Waals surface area contributed by atoms with Gasteiger partial charge in [-0.3, -0.25) is 14.8 Å². The minimum Gasteiger partial charge on any atom is -0.379 e. The highest BCUT2D eigenvalue weighted by molar-refractivity contribution is 7.99. The molecule has 1 saturated carbocycles. The first-order valence-corrected chi connectivity index (χ1v) is 14.4. The number of anilines is 4. The SMILES string of the molecule is Cc1cc(Nc2cc(N3CCC(N4CCOCC4)CC3)nc(Sc3ccc(NC(=O)C4CC4(F)F)cc3)n2)[nH]n1. The van der Waals surface area contributed by atoms with Crippen LogP contribution in [0.1, 0.15) is 25.0 Å². The van der Waals surface area contributed by atoms with E-state index in [2.05, 4.69) is 30.6 Å². The van der Waals surface area contributed by atoms with Gasteiger partial charge >= 0.3 is 0 Å². The minimum atomic E-state index is -2.89. The fourth-order valence-electron chi connectivity index (χ4n) is 5.15. The molecule has 3 aromatic rings. The Hall–Kier alpha value is -3.29. The summed E-state index contributed by atoms with van der Waals surface area (Å²) < 4.78 is 31.9. The van der Waals surface area contributed by atoms with Crippen molar-refractivity contribution in [3.63, 3.8) is 0 Å². The second-order valence-corrected chi connectivity index (χ2v) is 11.5. The van der Waals surface area contributed by atoms with E-state index in [9.17, 15) is 13.6 Å². The van der Waals surface area contributed by atoms with Crippen molar-refractivity contribution in [3.05, 3.63) is 42.1 Å². The molecule has 1 aromatic carbocycles. The van der Waals surface area contributed by atoms with Crippen LogP contribution < -0.4 is 15.5 Å². The van der Waals surface area contributed by atoms with E-state index in [0.717, 1.165) is 74.5 Å². The fraction of sp³-hybridized carbons (Fsp3) is 0.481. The molecular weight excluding hydrogens is 538 g/mol. The van der Waals surface area contributed by atoms with Gasteiger partial charge in [0.2, 0.25) is 5.91 Å². The molecule has 2 saturated heterocycles. The second kappa shape index (κ2) is 11.3. The molecule has 3 fully saturated rings. The quantitative estimate of drug-likeness (QED) is 0.342. The molecular formula is C27H32F2N8O2S. The van der Waals surface area contributed by atoms with E-state index in [1.165, 1.54) is 11.8 Å². The van der Waals surface area contributed by atoms with E-state index < -0.39 is 17.7 Å². The highest BCUT2D eigenvalue weighted by Crippen LogP contribution is 2.49. The summed E-state index contributed by atoms with van der Waals surface area (Å²) in [5, 5.41) is 13.6. The van der Waals surface area contributed by atoms with Gasteiger partial charge in [-0.15, -0.1) is 0 Å². The van der Waals surface area contributed by atoms with Crippen LogP contribution in [0.5, 0.6) is 0 Å². The molecule has 40 heavy (non-hydrogen) atoms. The molecule has 1 atom stereocenters. The third-order valence-corrected chi connectivity index (χ3v) is 8.36. The lowest BCUT2D eigenvalue weighted by atomic mass is 10.0. The number of rotatable bonds is 8. The summed E-state index contributed by atoms with van der Waals surface area (Å²) in [7, 11) is 0. The van der Waals surface area contributed by atoms with Crippen LogP contribution in [0.4, 0.5) is 31.9 Å². The molecule has 10 nitrogen and oxygen atoms in total. The fourth-order valence-corrected chi connectivity index (χ4v) is 5.92. The first-order chi connectivity index (χ1) is 19.3. The van der Waals surface area contributed by atoms with Crippen LogP contribution in [-0.4, -0.2) is 82.3 Å². The summed E-state index contributed by atoms with van der Waals surface area (Å²) in [6, 6.07) is 11.5. The number of carbonyl (C=O) groups is 1. The number of nitrogens with one attached hydrogen (secondary N) is 3. The number of piperidine rings is 1. The van der Waals surface area contributed by atoms with Crippen molar-refractivity contribution < 1.29 is 18.3 Å². The molecule has 2 aliphatic heterocycles. The summed E-state index contributed by atoms with van der Waals surface area (Å²) >= 11 is 1.40. The predicted octanol–water partition coefficient (Wildman–Crippen LogP) is 4.30. The Bertz CT molecular complexity index is 1340. The van der Waals surface area contributed by atoms with E-state index >= 15 is 0 Å². The van der Waals surface area contributed by atoms with Crippen molar-refractivity contribution >= 4 is 40.8 Å². The summed E-state index contributed by atoms with van der Waals surface area (Å²) in [6.07, 6.45) is 1.74. The van der Waals surface area contributed by atoms with Crippen LogP contribution in [0, 0.1) is 12.8 Å². The number of ether oxygens (including phenoxy) is 1. The first-order valence-electron chi connectivity index (χ1n) is 13.5. The Morgan fingerprint density at radius 2 is 1.82 bits per heavy atom. The number of nitrogens with zero attached hydrogens (tertiary/aromatic N) is 5. The number of aromatic nitrogens is 4. The van der Waals surface area contributed by atoms with Crippen molar-refractivity contribution in [3.8, 4) is 0 Å². The van der Waals surface area contributed by atoms with Crippen molar-refractivity contribution in [2.45, 2.75) is 48.2 Å². The number of alkyl halides is 2. The number of morpholine rings is 1. The number of halogens is 2. The van der Waals surface area contributed by atoms with Gasteiger partial charge in [0.25, 0.3) is 5.92 Å². The van der Waals surface area contributed by atoms with Gasteiger partial charge in [0.05, 0.1) is 18.9 Å². The van der Waals surface area contributed by atoms with E-state index in [1.54, 1.807) is 12.1 Å². The Balaban J connectivity index is 1.16. The number of hydrogen-bond donors (Lipinski definition) is 3. The van der Waals surface area contributed by atoms with Gasteiger partial charge in [0.15, 0.2) is 5.16 Å². The van der Waals surface area contributed by atoms with Crippen LogP contribution in [0.25, 0.3) is 0 Å². The maximum atomic E-state index is 13.2. The molecule has 0 radical (unpaired) electrons. The number of hydrogen-bond acceptors (Lipinski definition) is 9. The molecule has 212 valence electrons. The number of H-pyrrole nitrogens is 1. The predicted molar refractivity (Wildman–Crippen MR) is 149 cm³/mol. The maximum Gasteiger partial charge on any atom is 0.260 e. The smallest absolute Gasteiger partial charge is 0.260 e. The minimum absolute atomic E-state index is 0.389. The molecule has 2 aromatic heterocycles. The van der Waals surface area contributed by atoms with Crippen molar-refractivity contribution in [1.82, 2.24) is 25.1 Å². The van der Waals surface area contributed by atoms with Crippen LogP contribution in [-0.2, 0) is 9.53 Å².